The molecule has 1 heterocycles. The Bertz CT molecular complexity index is 470. The van der Waals surface area contributed by atoms with E-state index in [0.717, 1.165) is 25.2 Å². The molecular weight excluding hydrogens is 264 g/mol. The lowest BCUT2D eigenvalue weighted by molar-refractivity contribution is -0.118. The molecule has 2 atom stereocenters. The van der Waals surface area contributed by atoms with Gasteiger partial charge in [-0.3, -0.25) is 9.69 Å². The zero-order chi connectivity index (χ0) is 15.4. The number of carbonyl (C=O) groups excluding carboxylic acids is 1. The Morgan fingerprint density at radius 3 is 2.62 bits per heavy atom. The van der Waals surface area contributed by atoms with Crippen molar-refractivity contribution in [2.24, 2.45) is 5.92 Å². The smallest absolute Gasteiger partial charge is 0.238 e. The molecule has 0 aromatic heterocycles. The van der Waals surface area contributed by atoms with Gasteiger partial charge in [0.1, 0.15) is 0 Å². The van der Waals surface area contributed by atoms with Crippen LogP contribution in [0.4, 0.5) is 5.69 Å². The Hall–Kier alpha value is -1.39. The first kappa shape index (κ1) is 16.0. The predicted molar refractivity (Wildman–Crippen MR) is 85.4 cm³/mol. The molecule has 1 saturated heterocycles. The number of rotatable bonds is 4. The highest BCUT2D eigenvalue weighted by molar-refractivity contribution is 5.92. The number of likely N-dealkylation sites (tertiary alicyclic amines) is 1. The summed E-state index contributed by atoms with van der Waals surface area (Å²) in [5, 5.41) is 12.6. The highest BCUT2D eigenvalue weighted by atomic mass is 16.3. The van der Waals surface area contributed by atoms with Crippen LogP contribution in [-0.2, 0) is 4.79 Å². The summed E-state index contributed by atoms with van der Waals surface area (Å²) in [4.78, 5) is 14.2. The van der Waals surface area contributed by atoms with E-state index in [2.05, 4.69) is 36.2 Å². The van der Waals surface area contributed by atoms with Crippen LogP contribution < -0.4 is 5.32 Å². The lowest BCUT2D eigenvalue weighted by atomic mass is 9.97. The zero-order valence-electron chi connectivity index (χ0n) is 13.2. The van der Waals surface area contributed by atoms with Gasteiger partial charge in [0.05, 0.1) is 12.6 Å². The molecule has 0 radical (unpaired) electrons. The summed E-state index contributed by atoms with van der Waals surface area (Å²) in [5.74, 6) is 0.740. The number of aliphatic hydroxyl groups is 1. The van der Waals surface area contributed by atoms with Crippen molar-refractivity contribution in [1.29, 1.82) is 0 Å². The number of carbonyl (C=O) groups is 1. The van der Waals surface area contributed by atoms with E-state index in [4.69, 9.17) is 0 Å². The summed E-state index contributed by atoms with van der Waals surface area (Å²) in [5.41, 5.74) is 2.11. The summed E-state index contributed by atoms with van der Waals surface area (Å²) >= 11 is 0. The van der Waals surface area contributed by atoms with E-state index >= 15 is 0 Å². The molecule has 4 heteroatoms. The standard InChI is InChI=1S/C17H26N2O2/c1-12(2)14-4-6-15(7-5-14)18-17(21)11-19-9-8-16(20)13(3)10-19/h4-7,12-13,16,20H,8-11H2,1-3H3,(H,18,21). The third-order valence-corrected chi connectivity index (χ3v) is 4.17. The number of nitrogens with zero attached hydrogens (tertiary/aromatic N) is 1. The molecule has 1 aliphatic rings. The number of aliphatic hydroxyl groups excluding tert-OH is 1. The number of anilines is 1. The second-order valence-corrected chi connectivity index (χ2v) is 6.39. The van der Waals surface area contributed by atoms with E-state index in [1.165, 1.54) is 5.56 Å². The molecule has 0 aliphatic carbocycles. The quantitative estimate of drug-likeness (QED) is 0.895. The molecule has 1 amide bonds. The minimum atomic E-state index is -0.229. The predicted octanol–water partition coefficient (Wildman–Crippen LogP) is 2.45. The largest absolute Gasteiger partial charge is 0.393 e. The highest BCUT2D eigenvalue weighted by Gasteiger charge is 2.25. The molecule has 2 unspecified atom stereocenters. The van der Waals surface area contributed by atoms with Crippen LogP contribution in [0.3, 0.4) is 0 Å². The maximum absolute atomic E-state index is 12.1. The van der Waals surface area contributed by atoms with Gasteiger partial charge in [0, 0.05) is 18.8 Å². The minimum absolute atomic E-state index is 0.0101. The van der Waals surface area contributed by atoms with Crippen molar-refractivity contribution in [3.05, 3.63) is 29.8 Å². The molecule has 1 aromatic rings. The Kier molecular flexibility index (Phi) is 5.37. The van der Waals surface area contributed by atoms with Crippen LogP contribution in [0.15, 0.2) is 24.3 Å². The Labute approximate surface area is 127 Å². The zero-order valence-corrected chi connectivity index (χ0v) is 13.2. The van der Waals surface area contributed by atoms with Crippen LogP contribution in [-0.4, -0.2) is 41.7 Å². The lowest BCUT2D eigenvalue weighted by Gasteiger charge is -2.33. The first-order chi connectivity index (χ1) is 9.95. The highest BCUT2D eigenvalue weighted by Crippen LogP contribution is 2.18. The Morgan fingerprint density at radius 2 is 2.05 bits per heavy atom. The normalized spacial score (nSPS) is 23.3. The molecule has 2 rings (SSSR count). The maximum Gasteiger partial charge on any atom is 0.238 e. The third kappa shape index (κ3) is 4.55. The van der Waals surface area contributed by atoms with Gasteiger partial charge in [0.2, 0.25) is 5.91 Å². The Balaban J connectivity index is 1.84. The molecule has 2 N–H and O–H groups in total. The lowest BCUT2D eigenvalue weighted by Crippen LogP contribution is -2.45. The van der Waals surface area contributed by atoms with Crippen LogP contribution >= 0.6 is 0 Å². The van der Waals surface area contributed by atoms with Gasteiger partial charge >= 0.3 is 0 Å². The molecule has 0 spiro atoms. The van der Waals surface area contributed by atoms with E-state index < -0.39 is 0 Å². The SMILES string of the molecule is CC(C)c1ccc(NC(=O)CN2CCC(O)C(C)C2)cc1. The monoisotopic (exact) mass is 290 g/mol. The van der Waals surface area contributed by atoms with Gasteiger partial charge in [-0.05, 0) is 36.0 Å². The van der Waals surface area contributed by atoms with Crippen LogP contribution in [0.5, 0.6) is 0 Å². The van der Waals surface area contributed by atoms with Crippen molar-refractivity contribution in [3.8, 4) is 0 Å². The van der Waals surface area contributed by atoms with Gasteiger partial charge in [-0.15, -0.1) is 0 Å². The second kappa shape index (κ2) is 7.05. The van der Waals surface area contributed by atoms with Gasteiger partial charge in [-0.25, -0.2) is 0 Å². The fraction of sp³-hybridized carbons (Fsp3) is 0.588. The van der Waals surface area contributed by atoms with Gasteiger partial charge < -0.3 is 10.4 Å². The van der Waals surface area contributed by atoms with Crippen molar-refractivity contribution in [3.63, 3.8) is 0 Å². The molecular formula is C17H26N2O2. The molecule has 21 heavy (non-hydrogen) atoms. The number of amides is 1. The van der Waals surface area contributed by atoms with E-state index in [-0.39, 0.29) is 17.9 Å². The van der Waals surface area contributed by atoms with Crippen LogP contribution in [0.2, 0.25) is 0 Å². The number of benzene rings is 1. The van der Waals surface area contributed by atoms with Crippen molar-refractivity contribution in [2.45, 2.75) is 39.2 Å². The molecule has 1 aliphatic heterocycles. The van der Waals surface area contributed by atoms with Gasteiger partial charge in [-0.1, -0.05) is 32.9 Å². The van der Waals surface area contributed by atoms with Gasteiger partial charge in [-0.2, -0.15) is 0 Å². The summed E-state index contributed by atoms with van der Waals surface area (Å²) in [6.07, 6.45) is 0.519. The van der Waals surface area contributed by atoms with E-state index in [1.807, 2.05) is 19.1 Å². The van der Waals surface area contributed by atoms with E-state index in [9.17, 15) is 9.90 Å². The molecule has 0 bridgehead atoms. The molecule has 1 fully saturated rings. The third-order valence-electron chi connectivity index (χ3n) is 4.17. The van der Waals surface area contributed by atoms with Crippen LogP contribution in [0.25, 0.3) is 0 Å². The molecule has 4 nitrogen and oxygen atoms in total. The topological polar surface area (TPSA) is 52.6 Å². The fourth-order valence-electron chi connectivity index (χ4n) is 2.72. The Morgan fingerprint density at radius 1 is 1.38 bits per heavy atom. The van der Waals surface area contributed by atoms with Crippen molar-refractivity contribution < 1.29 is 9.90 Å². The maximum atomic E-state index is 12.1. The van der Waals surface area contributed by atoms with Crippen molar-refractivity contribution in [2.75, 3.05) is 25.0 Å². The summed E-state index contributed by atoms with van der Waals surface area (Å²) in [6, 6.07) is 8.02. The van der Waals surface area contributed by atoms with E-state index in [1.54, 1.807) is 0 Å². The minimum Gasteiger partial charge on any atom is -0.393 e. The number of nitrogens with one attached hydrogen (secondary N) is 1. The molecule has 116 valence electrons. The second-order valence-electron chi connectivity index (χ2n) is 6.39. The van der Waals surface area contributed by atoms with Gasteiger partial charge in [0.15, 0.2) is 0 Å². The number of hydrogen-bond acceptors (Lipinski definition) is 3. The summed E-state index contributed by atoms with van der Waals surface area (Å²) in [7, 11) is 0. The van der Waals surface area contributed by atoms with Crippen molar-refractivity contribution >= 4 is 11.6 Å². The van der Waals surface area contributed by atoms with Gasteiger partial charge in [0.25, 0.3) is 0 Å². The fourth-order valence-corrected chi connectivity index (χ4v) is 2.72. The van der Waals surface area contributed by atoms with E-state index in [0.29, 0.717) is 12.5 Å². The summed E-state index contributed by atoms with van der Waals surface area (Å²) < 4.78 is 0. The van der Waals surface area contributed by atoms with Crippen molar-refractivity contribution in [1.82, 2.24) is 4.90 Å². The number of hydrogen-bond donors (Lipinski definition) is 2. The first-order valence-electron chi connectivity index (χ1n) is 7.76. The van der Waals surface area contributed by atoms with Crippen LogP contribution in [0, 0.1) is 5.92 Å². The molecule has 1 aromatic carbocycles. The first-order valence-corrected chi connectivity index (χ1v) is 7.76. The average Bonchev–Trinajstić information content (AvgIpc) is 2.43. The summed E-state index contributed by atoms with van der Waals surface area (Å²) in [6.45, 7) is 8.29. The average molecular weight is 290 g/mol. The number of piperidine rings is 1. The van der Waals surface area contributed by atoms with Crippen LogP contribution in [0.1, 0.15) is 38.7 Å². The molecule has 0 saturated carbocycles.